The van der Waals surface area contributed by atoms with Crippen LogP contribution in [0.25, 0.3) is 0 Å². The lowest BCUT2D eigenvalue weighted by molar-refractivity contribution is 0.0698. The van der Waals surface area contributed by atoms with Gasteiger partial charge >= 0.3 is 5.97 Å². The van der Waals surface area contributed by atoms with Crippen LogP contribution >= 0.6 is 31.9 Å². The number of hydrogen-bond donors (Lipinski definition) is 2. The Morgan fingerprint density at radius 3 is 2.42 bits per heavy atom. The van der Waals surface area contributed by atoms with Crippen molar-refractivity contribution in [1.29, 1.82) is 0 Å². The molecule has 8 heteroatoms. The van der Waals surface area contributed by atoms with Crippen molar-refractivity contribution < 1.29 is 18.3 Å². The maximum Gasteiger partial charge on any atom is 0.337 e. The fourth-order valence-electron chi connectivity index (χ4n) is 1.48. The second-order valence-corrected chi connectivity index (χ2v) is 7.93. The zero-order valence-electron chi connectivity index (χ0n) is 10.3. The van der Waals surface area contributed by atoms with Gasteiger partial charge in [-0.3, -0.25) is 4.72 Å². The van der Waals surface area contributed by atoms with Gasteiger partial charge in [-0.05, 0) is 34.0 Å². The Balaban J connectivity index is 3.24. The van der Waals surface area contributed by atoms with E-state index in [1.165, 1.54) is 6.07 Å². The molecule has 0 aliphatic carbocycles. The quantitative estimate of drug-likeness (QED) is 0.774. The Morgan fingerprint density at radius 2 is 1.95 bits per heavy atom. The summed E-state index contributed by atoms with van der Waals surface area (Å²) in [6, 6.07) is 2.93. The van der Waals surface area contributed by atoms with Gasteiger partial charge in [0.1, 0.15) is 0 Å². The van der Waals surface area contributed by atoms with Gasteiger partial charge in [0, 0.05) is 8.95 Å². The monoisotopic (exact) mass is 413 g/mol. The highest BCUT2D eigenvalue weighted by Gasteiger charge is 2.20. The smallest absolute Gasteiger partial charge is 0.337 e. The largest absolute Gasteiger partial charge is 0.478 e. The van der Waals surface area contributed by atoms with Crippen LogP contribution in [0.2, 0.25) is 0 Å². The third-order valence-corrected chi connectivity index (χ3v) is 4.80. The van der Waals surface area contributed by atoms with Crippen LogP contribution in [0.15, 0.2) is 21.1 Å². The first-order chi connectivity index (χ1) is 8.62. The van der Waals surface area contributed by atoms with Crippen LogP contribution in [0.3, 0.4) is 0 Å². The van der Waals surface area contributed by atoms with E-state index in [-0.39, 0.29) is 22.9 Å². The molecule has 106 valence electrons. The number of anilines is 1. The minimum Gasteiger partial charge on any atom is -0.478 e. The maximum absolute atomic E-state index is 11.9. The molecule has 0 radical (unpaired) electrons. The third-order valence-electron chi connectivity index (χ3n) is 2.10. The molecule has 0 spiro atoms. The average Bonchev–Trinajstić information content (AvgIpc) is 2.19. The van der Waals surface area contributed by atoms with E-state index < -0.39 is 16.0 Å². The number of hydrogen-bond acceptors (Lipinski definition) is 3. The van der Waals surface area contributed by atoms with Gasteiger partial charge in [-0.1, -0.05) is 29.8 Å². The fraction of sp³-hybridized carbons (Fsp3) is 0.364. The summed E-state index contributed by atoms with van der Waals surface area (Å²) in [5.41, 5.74) is -0.0788. The van der Waals surface area contributed by atoms with E-state index in [4.69, 9.17) is 5.11 Å². The van der Waals surface area contributed by atoms with Gasteiger partial charge in [0.05, 0.1) is 17.0 Å². The molecule has 5 nitrogen and oxygen atoms in total. The molecule has 1 aromatic rings. The van der Waals surface area contributed by atoms with Crippen molar-refractivity contribution in [2.75, 3.05) is 10.5 Å². The van der Waals surface area contributed by atoms with Gasteiger partial charge in [-0.15, -0.1) is 0 Å². The van der Waals surface area contributed by atoms with Crippen molar-refractivity contribution in [2.45, 2.75) is 13.8 Å². The molecule has 0 amide bonds. The summed E-state index contributed by atoms with van der Waals surface area (Å²) in [7, 11) is -3.58. The van der Waals surface area contributed by atoms with Crippen LogP contribution < -0.4 is 4.72 Å². The minimum atomic E-state index is -3.58. The first-order valence-corrected chi connectivity index (χ1v) is 8.59. The van der Waals surface area contributed by atoms with Crippen LogP contribution in [0, 0.1) is 5.92 Å². The van der Waals surface area contributed by atoms with E-state index in [9.17, 15) is 13.2 Å². The highest BCUT2D eigenvalue weighted by atomic mass is 79.9. The predicted octanol–water partition coefficient (Wildman–Crippen LogP) is 3.31. The highest BCUT2D eigenvalue weighted by Crippen LogP contribution is 2.31. The molecule has 1 aromatic carbocycles. The second-order valence-electron chi connectivity index (χ2n) is 4.39. The van der Waals surface area contributed by atoms with Crippen molar-refractivity contribution >= 4 is 53.5 Å². The van der Waals surface area contributed by atoms with Crippen LogP contribution in [0.1, 0.15) is 24.2 Å². The zero-order chi connectivity index (χ0) is 14.8. The Bertz CT molecular complexity index is 599. The summed E-state index contributed by atoms with van der Waals surface area (Å²) >= 11 is 6.33. The molecule has 0 aliphatic rings. The molecular formula is C11H13Br2NO4S. The molecule has 2 N–H and O–H groups in total. The van der Waals surface area contributed by atoms with E-state index in [1.54, 1.807) is 19.9 Å². The van der Waals surface area contributed by atoms with E-state index in [0.29, 0.717) is 8.95 Å². The van der Waals surface area contributed by atoms with E-state index in [1.807, 2.05) is 0 Å². The van der Waals surface area contributed by atoms with E-state index in [2.05, 4.69) is 36.6 Å². The summed E-state index contributed by atoms with van der Waals surface area (Å²) in [6.45, 7) is 3.54. The summed E-state index contributed by atoms with van der Waals surface area (Å²) in [4.78, 5) is 11.2. The summed E-state index contributed by atoms with van der Waals surface area (Å²) in [5, 5.41) is 9.12. The topological polar surface area (TPSA) is 83.5 Å². The first kappa shape index (κ1) is 16.5. The number of carboxylic acid groups (broad SMARTS) is 1. The zero-order valence-corrected chi connectivity index (χ0v) is 14.3. The van der Waals surface area contributed by atoms with Gasteiger partial charge in [0.25, 0.3) is 0 Å². The maximum atomic E-state index is 11.9. The van der Waals surface area contributed by atoms with E-state index >= 15 is 0 Å². The normalized spacial score (nSPS) is 11.6. The molecule has 0 unspecified atom stereocenters. The van der Waals surface area contributed by atoms with Crippen LogP contribution in [0.5, 0.6) is 0 Å². The molecule has 0 atom stereocenters. The Hall–Kier alpha value is -0.600. The highest BCUT2D eigenvalue weighted by molar-refractivity contribution is 9.11. The van der Waals surface area contributed by atoms with Crippen molar-refractivity contribution in [3.05, 3.63) is 26.6 Å². The second kappa shape index (κ2) is 6.23. The number of halogens is 2. The number of aromatic carboxylic acids is 1. The molecule has 0 saturated heterocycles. The number of benzene rings is 1. The number of nitrogens with one attached hydrogen (secondary N) is 1. The summed E-state index contributed by atoms with van der Waals surface area (Å²) in [5.74, 6) is -1.33. The van der Waals surface area contributed by atoms with Gasteiger partial charge in [0.2, 0.25) is 10.0 Å². The third kappa shape index (κ3) is 4.77. The Morgan fingerprint density at radius 1 is 1.37 bits per heavy atom. The predicted molar refractivity (Wildman–Crippen MR) is 81.0 cm³/mol. The van der Waals surface area contributed by atoms with Crippen LogP contribution in [-0.2, 0) is 10.0 Å². The number of rotatable bonds is 5. The number of carbonyl (C=O) groups is 1. The number of carboxylic acids is 1. The lowest BCUT2D eigenvalue weighted by atomic mass is 10.2. The SMILES string of the molecule is CC(C)CS(=O)(=O)Nc1c(Br)cc(Br)cc1C(=O)O. The first-order valence-electron chi connectivity index (χ1n) is 5.35. The molecule has 0 aliphatic heterocycles. The molecule has 1 rings (SSSR count). The molecule has 19 heavy (non-hydrogen) atoms. The van der Waals surface area contributed by atoms with Gasteiger partial charge in [0.15, 0.2) is 0 Å². The lowest BCUT2D eigenvalue weighted by Crippen LogP contribution is -2.21. The van der Waals surface area contributed by atoms with Crippen LogP contribution in [-0.4, -0.2) is 25.2 Å². The Labute approximate surface area is 128 Å². The lowest BCUT2D eigenvalue weighted by Gasteiger charge is -2.14. The standard InChI is InChI=1S/C11H13Br2NO4S/c1-6(2)5-19(17,18)14-10-8(11(15)16)3-7(12)4-9(10)13/h3-4,6,14H,5H2,1-2H3,(H,15,16). The minimum absolute atomic E-state index is 0.0383. The van der Waals surface area contributed by atoms with Crippen molar-refractivity contribution in [3.8, 4) is 0 Å². The van der Waals surface area contributed by atoms with Crippen molar-refractivity contribution in [1.82, 2.24) is 0 Å². The van der Waals surface area contributed by atoms with Gasteiger partial charge < -0.3 is 5.11 Å². The average molecular weight is 415 g/mol. The molecule has 0 aromatic heterocycles. The van der Waals surface area contributed by atoms with Crippen molar-refractivity contribution in [3.63, 3.8) is 0 Å². The van der Waals surface area contributed by atoms with Crippen molar-refractivity contribution in [2.24, 2.45) is 5.92 Å². The molecule has 0 fully saturated rings. The number of sulfonamides is 1. The fourth-order valence-corrected chi connectivity index (χ4v) is 4.43. The molecular weight excluding hydrogens is 402 g/mol. The van der Waals surface area contributed by atoms with E-state index in [0.717, 1.165) is 0 Å². The van der Waals surface area contributed by atoms with Crippen LogP contribution in [0.4, 0.5) is 5.69 Å². The van der Waals surface area contributed by atoms with Gasteiger partial charge in [-0.25, -0.2) is 13.2 Å². The Kier molecular flexibility index (Phi) is 5.40. The molecule has 0 bridgehead atoms. The summed E-state index contributed by atoms with van der Waals surface area (Å²) < 4.78 is 27.0. The van der Waals surface area contributed by atoms with Gasteiger partial charge in [-0.2, -0.15) is 0 Å². The molecule has 0 saturated carbocycles. The summed E-state index contributed by atoms with van der Waals surface area (Å²) in [6.07, 6.45) is 0. The molecule has 0 heterocycles.